The number of nitrogens with zero attached hydrogens (tertiary/aromatic N) is 5. The fourth-order valence-corrected chi connectivity index (χ4v) is 4.27. The fourth-order valence-electron chi connectivity index (χ4n) is 3.47. The van der Waals surface area contributed by atoms with E-state index in [0.717, 1.165) is 43.0 Å². The monoisotopic (exact) mass is 381 g/mol. The van der Waals surface area contributed by atoms with Gasteiger partial charge < -0.3 is 4.90 Å². The summed E-state index contributed by atoms with van der Waals surface area (Å²) in [6.07, 6.45) is 4.07. The third-order valence-corrected chi connectivity index (χ3v) is 6.16. The number of anilines is 1. The number of piperidine rings is 1. The zero-order valence-electron chi connectivity index (χ0n) is 14.4. The van der Waals surface area contributed by atoms with Gasteiger partial charge in [-0.15, -0.1) is 0 Å². The molecule has 26 heavy (non-hydrogen) atoms. The normalized spacial score (nSPS) is 19.1. The summed E-state index contributed by atoms with van der Waals surface area (Å²) in [5.41, 5.74) is -0.869. The molecule has 4 rings (SSSR count). The van der Waals surface area contributed by atoms with Crippen LogP contribution < -0.4 is 10.5 Å². The topological polar surface area (TPSA) is 63.9 Å². The van der Waals surface area contributed by atoms with Gasteiger partial charge in [0.2, 0.25) is 5.13 Å². The van der Waals surface area contributed by atoms with Crippen molar-refractivity contribution in [3.8, 4) is 0 Å². The lowest BCUT2D eigenvalue weighted by Crippen LogP contribution is -2.36. The van der Waals surface area contributed by atoms with Crippen LogP contribution in [0.15, 0.2) is 17.2 Å². The summed E-state index contributed by atoms with van der Waals surface area (Å²) in [7, 11) is 0. The summed E-state index contributed by atoms with van der Waals surface area (Å²) in [5, 5.41) is 0.991. The van der Waals surface area contributed by atoms with Crippen molar-refractivity contribution < 1.29 is 8.78 Å². The van der Waals surface area contributed by atoms with E-state index in [4.69, 9.17) is 4.98 Å². The van der Waals surface area contributed by atoms with E-state index in [-0.39, 0.29) is 0 Å². The molecular weight excluding hydrogens is 360 g/mol. The fraction of sp³-hybridized carbons (Fsp3) is 0.647. The molecule has 1 saturated carbocycles. The van der Waals surface area contributed by atoms with Crippen LogP contribution >= 0.6 is 11.5 Å². The molecule has 0 unspecified atom stereocenters. The second-order valence-corrected chi connectivity index (χ2v) is 7.83. The van der Waals surface area contributed by atoms with Crippen LogP contribution in [0, 0.1) is 5.92 Å². The van der Waals surface area contributed by atoms with E-state index in [1.165, 1.54) is 41.7 Å². The average molecular weight is 381 g/mol. The summed E-state index contributed by atoms with van der Waals surface area (Å²) >= 11 is 1.47. The van der Waals surface area contributed by atoms with E-state index in [1.807, 2.05) is 0 Å². The van der Waals surface area contributed by atoms with E-state index in [2.05, 4.69) is 14.3 Å². The Kier molecular flexibility index (Phi) is 4.97. The molecule has 0 bridgehead atoms. The highest BCUT2D eigenvalue weighted by molar-refractivity contribution is 7.09. The SMILES string of the molecule is O=c1cc(C(F)F)ncn1CC1CCN(c2nc(C3CCC3)ns2)CC1. The Morgan fingerprint density at radius 2 is 2.00 bits per heavy atom. The molecule has 0 atom stereocenters. The predicted molar refractivity (Wildman–Crippen MR) is 94.9 cm³/mol. The van der Waals surface area contributed by atoms with Crippen molar-refractivity contribution >= 4 is 16.7 Å². The van der Waals surface area contributed by atoms with E-state index >= 15 is 0 Å². The Morgan fingerprint density at radius 3 is 2.62 bits per heavy atom. The number of hydrogen-bond donors (Lipinski definition) is 0. The molecule has 0 radical (unpaired) electrons. The Labute approximate surface area is 154 Å². The van der Waals surface area contributed by atoms with Crippen LogP contribution in [0.5, 0.6) is 0 Å². The Hall–Kier alpha value is -1.90. The van der Waals surface area contributed by atoms with E-state index in [1.54, 1.807) is 0 Å². The summed E-state index contributed by atoms with van der Waals surface area (Å²) in [4.78, 5) is 22.6. The van der Waals surface area contributed by atoms with E-state index < -0.39 is 17.7 Å². The molecule has 0 spiro atoms. The molecule has 2 aliphatic rings. The highest BCUT2D eigenvalue weighted by Crippen LogP contribution is 2.36. The third-order valence-electron chi connectivity index (χ3n) is 5.37. The van der Waals surface area contributed by atoms with Gasteiger partial charge in [0.1, 0.15) is 11.5 Å². The summed E-state index contributed by atoms with van der Waals surface area (Å²) < 4.78 is 31.1. The number of alkyl halides is 2. The molecule has 0 aromatic carbocycles. The average Bonchev–Trinajstić information content (AvgIpc) is 3.05. The maximum absolute atomic E-state index is 12.6. The number of hydrogen-bond acceptors (Lipinski definition) is 6. The minimum atomic E-state index is -2.71. The van der Waals surface area contributed by atoms with Gasteiger partial charge in [0.15, 0.2) is 0 Å². The van der Waals surface area contributed by atoms with Crippen molar-refractivity contribution in [3.63, 3.8) is 0 Å². The van der Waals surface area contributed by atoms with Gasteiger partial charge in [0, 0.05) is 43.2 Å². The molecule has 6 nitrogen and oxygen atoms in total. The van der Waals surface area contributed by atoms with Gasteiger partial charge in [-0.05, 0) is 31.6 Å². The van der Waals surface area contributed by atoms with Crippen LogP contribution in [-0.4, -0.2) is 32.0 Å². The van der Waals surface area contributed by atoms with Crippen LogP contribution in [-0.2, 0) is 6.54 Å². The predicted octanol–water partition coefficient (Wildman–Crippen LogP) is 3.22. The van der Waals surface area contributed by atoms with E-state index in [9.17, 15) is 13.6 Å². The molecule has 1 aliphatic heterocycles. The molecule has 0 amide bonds. The standard InChI is InChI=1S/C17H21F2N5OS/c18-15(19)13-8-14(25)24(10-20-13)9-11-4-6-23(7-5-11)17-21-16(22-26-17)12-2-1-3-12/h8,10-12,15H,1-7,9H2. The second kappa shape index (κ2) is 7.38. The molecule has 9 heteroatoms. The number of rotatable bonds is 5. The van der Waals surface area contributed by atoms with Crippen LogP contribution in [0.25, 0.3) is 0 Å². The van der Waals surface area contributed by atoms with Crippen molar-refractivity contribution in [2.24, 2.45) is 5.92 Å². The van der Waals surface area contributed by atoms with Crippen LogP contribution in [0.3, 0.4) is 0 Å². The van der Waals surface area contributed by atoms with Crippen LogP contribution in [0.4, 0.5) is 13.9 Å². The first-order valence-electron chi connectivity index (χ1n) is 9.03. The first-order chi connectivity index (χ1) is 12.6. The zero-order chi connectivity index (χ0) is 18.1. The largest absolute Gasteiger partial charge is 0.347 e. The first kappa shape index (κ1) is 17.5. The summed E-state index contributed by atoms with van der Waals surface area (Å²) in [6, 6.07) is 0.934. The molecule has 140 valence electrons. The lowest BCUT2D eigenvalue weighted by atomic mass is 9.85. The molecule has 0 N–H and O–H groups in total. The summed E-state index contributed by atoms with van der Waals surface area (Å²) in [5.74, 6) is 1.88. The minimum absolute atomic E-state index is 0.335. The van der Waals surface area contributed by atoms with Gasteiger partial charge in [-0.3, -0.25) is 9.36 Å². The van der Waals surface area contributed by atoms with Crippen molar-refractivity contribution in [2.45, 2.75) is 51.0 Å². The van der Waals surface area contributed by atoms with Gasteiger partial charge in [0.25, 0.3) is 12.0 Å². The maximum Gasteiger partial charge on any atom is 0.280 e. The number of halogens is 2. The smallest absolute Gasteiger partial charge is 0.280 e. The number of aromatic nitrogens is 4. The Balaban J connectivity index is 1.33. The van der Waals surface area contributed by atoms with Crippen molar-refractivity contribution in [2.75, 3.05) is 18.0 Å². The van der Waals surface area contributed by atoms with E-state index in [0.29, 0.717) is 18.4 Å². The van der Waals surface area contributed by atoms with Gasteiger partial charge in [-0.2, -0.15) is 4.37 Å². The molecule has 1 aliphatic carbocycles. The van der Waals surface area contributed by atoms with Crippen molar-refractivity contribution in [1.82, 2.24) is 18.9 Å². The van der Waals surface area contributed by atoms with Gasteiger partial charge in [0.05, 0.1) is 6.33 Å². The molecule has 2 aromatic heterocycles. The van der Waals surface area contributed by atoms with Crippen LogP contribution in [0.2, 0.25) is 0 Å². The highest BCUT2D eigenvalue weighted by atomic mass is 32.1. The third kappa shape index (κ3) is 3.62. The van der Waals surface area contributed by atoms with Crippen molar-refractivity contribution in [1.29, 1.82) is 0 Å². The lowest BCUT2D eigenvalue weighted by Gasteiger charge is -2.31. The quantitative estimate of drug-likeness (QED) is 0.796. The minimum Gasteiger partial charge on any atom is -0.347 e. The molecule has 2 aromatic rings. The van der Waals surface area contributed by atoms with Crippen LogP contribution in [0.1, 0.15) is 56.0 Å². The maximum atomic E-state index is 12.6. The molecule has 2 fully saturated rings. The Morgan fingerprint density at radius 1 is 1.23 bits per heavy atom. The van der Waals surface area contributed by atoms with Crippen molar-refractivity contribution in [3.05, 3.63) is 34.3 Å². The highest BCUT2D eigenvalue weighted by Gasteiger charge is 2.27. The molecular formula is C17H21F2N5OS. The first-order valence-corrected chi connectivity index (χ1v) is 9.80. The summed E-state index contributed by atoms with van der Waals surface area (Å²) in [6.45, 7) is 2.27. The molecule has 1 saturated heterocycles. The van der Waals surface area contributed by atoms with Gasteiger partial charge >= 0.3 is 0 Å². The van der Waals surface area contributed by atoms with Gasteiger partial charge in [-0.1, -0.05) is 6.42 Å². The van der Waals surface area contributed by atoms with Gasteiger partial charge in [-0.25, -0.2) is 18.7 Å². The Bertz CT molecular complexity index is 811. The zero-order valence-corrected chi connectivity index (χ0v) is 15.2. The second-order valence-electron chi connectivity index (χ2n) is 7.10. The lowest BCUT2D eigenvalue weighted by molar-refractivity contribution is 0.145. The molecule has 3 heterocycles.